The van der Waals surface area contributed by atoms with E-state index < -0.39 is 28.8 Å². The van der Waals surface area contributed by atoms with Crippen LogP contribution in [0.5, 0.6) is 0 Å². The fourth-order valence-electron chi connectivity index (χ4n) is 4.32. The van der Waals surface area contributed by atoms with Gasteiger partial charge in [-0.15, -0.1) is 0 Å². The number of ether oxygens (including phenoxy) is 1. The molecule has 2 amide bonds. The fraction of sp³-hybridized carbons (Fsp3) is 0.600. The molecule has 0 radical (unpaired) electrons. The highest BCUT2D eigenvalue weighted by Gasteiger charge is 2.45. The Balaban J connectivity index is 2.03. The number of nitrogens with zero attached hydrogens (tertiary/aromatic N) is 1. The minimum Gasteiger partial charge on any atom is -0.444 e. The van der Waals surface area contributed by atoms with E-state index in [1.165, 1.54) is 17.2 Å². The average Bonchev–Trinajstić information content (AvgIpc) is 2.64. The SMILES string of the molecule is CC(C)(C)OC(=O)N[C@H](/C=C/CC(=O)NC1CC(C)(C)N(O)C(C)(C)C1)c1ccc(F)cc1. The molecule has 0 saturated carbocycles. The second-order valence-corrected chi connectivity index (χ2v) is 10.9. The smallest absolute Gasteiger partial charge is 0.408 e. The van der Waals surface area contributed by atoms with E-state index in [2.05, 4.69) is 10.6 Å². The third-order valence-corrected chi connectivity index (χ3v) is 5.54. The largest absolute Gasteiger partial charge is 0.444 e. The Morgan fingerprint density at radius 2 is 1.73 bits per heavy atom. The van der Waals surface area contributed by atoms with E-state index in [9.17, 15) is 19.2 Å². The normalized spacial score (nSPS) is 19.8. The molecule has 1 aliphatic heterocycles. The van der Waals surface area contributed by atoms with Gasteiger partial charge in [0.1, 0.15) is 11.4 Å². The Labute approximate surface area is 196 Å². The van der Waals surface area contributed by atoms with Crippen LogP contribution in [-0.2, 0) is 9.53 Å². The van der Waals surface area contributed by atoms with Gasteiger partial charge in [0.05, 0.1) is 6.04 Å². The number of alkyl carbamates (subject to hydrolysis) is 1. The molecule has 1 aliphatic rings. The molecule has 2 rings (SSSR count). The van der Waals surface area contributed by atoms with Crippen molar-refractivity contribution in [2.75, 3.05) is 0 Å². The van der Waals surface area contributed by atoms with Gasteiger partial charge in [0.15, 0.2) is 0 Å². The Bertz CT molecular complexity index is 841. The summed E-state index contributed by atoms with van der Waals surface area (Å²) in [6.45, 7) is 13.1. The van der Waals surface area contributed by atoms with Crippen molar-refractivity contribution in [1.29, 1.82) is 0 Å². The van der Waals surface area contributed by atoms with Crippen LogP contribution in [0, 0.1) is 5.82 Å². The van der Waals surface area contributed by atoms with Crippen LogP contribution in [0.3, 0.4) is 0 Å². The van der Waals surface area contributed by atoms with E-state index in [1.54, 1.807) is 45.1 Å². The lowest BCUT2D eigenvalue weighted by molar-refractivity contribution is -0.246. The third kappa shape index (κ3) is 8.12. The topological polar surface area (TPSA) is 90.9 Å². The molecule has 1 saturated heterocycles. The van der Waals surface area contributed by atoms with Gasteiger partial charge in [-0.25, -0.2) is 9.18 Å². The summed E-state index contributed by atoms with van der Waals surface area (Å²) in [5, 5.41) is 17.6. The number of piperidine rings is 1. The molecule has 0 bridgehead atoms. The molecule has 1 fully saturated rings. The van der Waals surface area contributed by atoms with Crippen molar-refractivity contribution in [3.63, 3.8) is 0 Å². The quantitative estimate of drug-likeness (QED) is 0.524. The second kappa shape index (κ2) is 10.2. The Hall–Kier alpha value is -2.45. The van der Waals surface area contributed by atoms with Crippen LogP contribution in [0.2, 0.25) is 0 Å². The molecule has 1 atom stereocenters. The molecular formula is C25H38FN3O4. The average molecular weight is 464 g/mol. The minimum atomic E-state index is -0.660. The van der Waals surface area contributed by atoms with Crippen molar-refractivity contribution in [3.8, 4) is 0 Å². The number of halogens is 1. The van der Waals surface area contributed by atoms with Crippen molar-refractivity contribution in [1.82, 2.24) is 15.7 Å². The minimum absolute atomic E-state index is 0.0629. The number of hydrogen-bond donors (Lipinski definition) is 3. The monoisotopic (exact) mass is 463 g/mol. The predicted octanol–water partition coefficient (Wildman–Crippen LogP) is 4.86. The molecule has 3 N–H and O–H groups in total. The van der Waals surface area contributed by atoms with Gasteiger partial charge in [0.2, 0.25) is 5.91 Å². The number of hydrogen-bond acceptors (Lipinski definition) is 5. The summed E-state index contributed by atoms with van der Waals surface area (Å²) >= 11 is 0. The molecule has 7 nitrogen and oxygen atoms in total. The first-order valence-corrected chi connectivity index (χ1v) is 11.3. The lowest BCUT2D eigenvalue weighted by Crippen LogP contribution is -2.62. The third-order valence-electron chi connectivity index (χ3n) is 5.54. The zero-order valence-corrected chi connectivity index (χ0v) is 20.7. The second-order valence-electron chi connectivity index (χ2n) is 10.9. The summed E-state index contributed by atoms with van der Waals surface area (Å²) in [5.74, 6) is -0.526. The highest BCUT2D eigenvalue weighted by Crippen LogP contribution is 2.36. The van der Waals surface area contributed by atoms with Gasteiger partial charge in [-0.2, -0.15) is 5.06 Å². The predicted molar refractivity (Wildman–Crippen MR) is 125 cm³/mol. The first-order chi connectivity index (χ1) is 15.1. The molecule has 1 heterocycles. The van der Waals surface area contributed by atoms with Crippen molar-refractivity contribution in [3.05, 3.63) is 47.8 Å². The Kier molecular flexibility index (Phi) is 8.30. The van der Waals surface area contributed by atoms with Crippen LogP contribution < -0.4 is 10.6 Å². The Morgan fingerprint density at radius 3 is 2.24 bits per heavy atom. The number of amides is 2. The number of benzene rings is 1. The van der Waals surface area contributed by atoms with Gasteiger partial charge in [-0.05, 0) is 79.0 Å². The maximum absolute atomic E-state index is 13.3. The number of nitrogens with one attached hydrogen (secondary N) is 2. The number of carbonyl (C=O) groups excluding carboxylic acids is 2. The van der Waals surface area contributed by atoms with E-state index in [4.69, 9.17) is 4.74 Å². The van der Waals surface area contributed by atoms with Crippen LogP contribution in [0.15, 0.2) is 36.4 Å². The maximum Gasteiger partial charge on any atom is 0.408 e. The molecule has 33 heavy (non-hydrogen) atoms. The summed E-state index contributed by atoms with van der Waals surface area (Å²) in [6, 6.07) is 5.15. The summed E-state index contributed by atoms with van der Waals surface area (Å²) in [4.78, 5) is 24.9. The van der Waals surface area contributed by atoms with Crippen LogP contribution in [-0.4, -0.2) is 45.0 Å². The van der Waals surface area contributed by atoms with Gasteiger partial charge in [-0.3, -0.25) is 4.79 Å². The zero-order valence-electron chi connectivity index (χ0n) is 20.7. The maximum atomic E-state index is 13.3. The van der Waals surface area contributed by atoms with Gasteiger partial charge < -0.3 is 20.6 Å². The fourth-order valence-corrected chi connectivity index (χ4v) is 4.32. The summed E-state index contributed by atoms with van der Waals surface area (Å²) < 4.78 is 18.7. The van der Waals surface area contributed by atoms with Crippen LogP contribution in [0.1, 0.15) is 79.3 Å². The molecule has 184 valence electrons. The standard InChI is InChI=1S/C25H38FN3O4/c1-23(2,3)33-22(31)28-20(17-11-13-18(26)14-12-17)9-8-10-21(30)27-19-15-24(4,5)29(32)25(6,7)16-19/h8-9,11-14,19-20,32H,10,15-16H2,1-7H3,(H,27,30)(H,28,31)/b9-8+/t20-/m1/s1. The lowest BCUT2D eigenvalue weighted by atomic mass is 9.79. The first kappa shape index (κ1) is 26.8. The number of rotatable bonds is 6. The van der Waals surface area contributed by atoms with Gasteiger partial charge in [0.25, 0.3) is 0 Å². The van der Waals surface area contributed by atoms with Gasteiger partial charge in [-0.1, -0.05) is 24.3 Å². The molecular weight excluding hydrogens is 425 g/mol. The van der Waals surface area contributed by atoms with E-state index in [1.807, 2.05) is 27.7 Å². The highest BCUT2D eigenvalue weighted by atomic mass is 19.1. The number of hydroxylamine groups is 2. The van der Waals surface area contributed by atoms with Crippen molar-refractivity contribution >= 4 is 12.0 Å². The summed E-state index contributed by atoms with van der Waals surface area (Å²) in [5.41, 5.74) is -0.911. The summed E-state index contributed by atoms with van der Waals surface area (Å²) in [7, 11) is 0. The lowest BCUT2D eigenvalue weighted by Gasteiger charge is -2.51. The highest BCUT2D eigenvalue weighted by molar-refractivity contribution is 5.78. The molecule has 0 aromatic heterocycles. The summed E-state index contributed by atoms with van der Waals surface area (Å²) in [6.07, 6.45) is 4.14. The van der Waals surface area contributed by atoms with Crippen LogP contribution in [0.25, 0.3) is 0 Å². The van der Waals surface area contributed by atoms with Crippen molar-refractivity contribution < 1.29 is 23.9 Å². The molecule has 0 spiro atoms. The van der Waals surface area contributed by atoms with Crippen LogP contribution in [0.4, 0.5) is 9.18 Å². The molecule has 1 aromatic rings. The van der Waals surface area contributed by atoms with E-state index in [-0.39, 0.29) is 24.2 Å². The Morgan fingerprint density at radius 1 is 1.18 bits per heavy atom. The van der Waals surface area contributed by atoms with Crippen molar-refractivity contribution in [2.24, 2.45) is 0 Å². The van der Waals surface area contributed by atoms with E-state index in [0.717, 1.165) is 0 Å². The first-order valence-electron chi connectivity index (χ1n) is 11.3. The molecule has 8 heteroatoms. The number of carbonyl (C=O) groups is 2. The van der Waals surface area contributed by atoms with Crippen LogP contribution >= 0.6 is 0 Å². The molecule has 0 aliphatic carbocycles. The molecule has 0 unspecified atom stereocenters. The van der Waals surface area contributed by atoms with Crippen molar-refractivity contribution in [2.45, 2.75) is 96.5 Å². The molecule has 1 aromatic carbocycles. The van der Waals surface area contributed by atoms with E-state index >= 15 is 0 Å². The zero-order chi connectivity index (χ0) is 25.0. The van der Waals surface area contributed by atoms with Gasteiger partial charge in [0, 0.05) is 23.5 Å². The van der Waals surface area contributed by atoms with E-state index in [0.29, 0.717) is 18.4 Å². The van der Waals surface area contributed by atoms with Gasteiger partial charge >= 0.3 is 6.09 Å².